The average molecular weight is 403 g/mol. The molecule has 1 unspecified atom stereocenters. The third kappa shape index (κ3) is 5.27. The van der Waals surface area contributed by atoms with Gasteiger partial charge < -0.3 is 15.6 Å². The first-order valence-corrected chi connectivity index (χ1v) is 10.6. The number of likely N-dealkylation sites (tertiary alicyclic amines) is 1. The molecule has 1 aliphatic heterocycles. The average Bonchev–Trinajstić information content (AvgIpc) is 3.45. The van der Waals surface area contributed by atoms with Gasteiger partial charge in [0.1, 0.15) is 5.82 Å². The molecule has 0 spiro atoms. The van der Waals surface area contributed by atoms with Crippen LogP contribution in [0.3, 0.4) is 0 Å². The van der Waals surface area contributed by atoms with Crippen LogP contribution >= 0.6 is 0 Å². The van der Waals surface area contributed by atoms with Crippen LogP contribution in [0.25, 0.3) is 11.3 Å². The van der Waals surface area contributed by atoms with Crippen molar-refractivity contribution in [1.82, 2.24) is 25.5 Å². The number of nitrogens with zero attached hydrogens (tertiary/aromatic N) is 3. The van der Waals surface area contributed by atoms with Crippen LogP contribution in [0.4, 0.5) is 0 Å². The lowest BCUT2D eigenvalue weighted by atomic mass is 10.2. The largest absolute Gasteiger partial charge is 0.355 e. The molecule has 1 aromatic heterocycles. The first-order chi connectivity index (χ1) is 14.8. The van der Waals surface area contributed by atoms with Gasteiger partial charge in [0.25, 0.3) is 0 Å². The predicted octanol–water partition coefficient (Wildman–Crippen LogP) is 3.41. The fraction of sp³-hybridized carbons (Fsp3) is 0.333. The minimum Gasteiger partial charge on any atom is -0.355 e. The number of hydrogen-bond acceptors (Lipinski definition) is 3. The second kappa shape index (κ2) is 10.1. The molecule has 0 radical (unpaired) electrons. The molecule has 6 nitrogen and oxygen atoms in total. The lowest BCUT2D eigenvalue weighted by molar-refractivity contribution is 0.245. The molecule has 4 rings (SSSR count). The van der Waals surface area contributed by atoms with Crippen LogP contribution in [0.5, 0.6) is 0 Å². The fourth-order valence-corrected chi connectivity index (χ4v) is 3.97. The summed E-state index contributed by atoms with van der Waals surface area (Å²) in [6.45, 7) is 3.65. The van der Waals surface area contributed by atoms with Crippen LogP contribution in [0.1, 0.15) is 24.2 Å². The van der Waals surface area contributed by atoms with Crippen molar-refractivity contribution in [3.8, 4) is 11.3 Å². The maximum absolute atomic E-state index is 4.49. The molecule has 1 atom stereocenters. The topological polar surface area (TPSA) is 68.3 Å². The first-order valence-electron chi connectivity index (χ1n) is 10.6. The van der Waals surface area contributed by atoms with E-state index in [1.807, 2.05) is 31.4 Å². The van der Waals surface area contributed by atoms with E-state index in [2.05, 4.69) is 73.0 Å². The van der Waals surface area contributed by atoms with Gasteiger partial charge in [-0.2, -0.15) is 0 Å². The SMILES string of the molecule is CN=C(NCc1ncc(-c2ccccc2)[nH]1)NCC1CCCN1Cc1ccccc1. The van der Waals surface area contributed by atoms with Crippen molar-refractivity contribution in [3.63, 3.8) is 0 Å². The fourth-order valence-electron chi connectivity index (χ4n) is 3.97. The van der Waals surface area contributed by atoms with E-state index in [0.717, 1.165) is 42.7 Å². The highest BCUT2D eigenvalue weighted by Crippen LogP contribution is 2.19. The van der Waals surface area contributed by atoms with Gasteiger partial charge in [0, 0.05) is 26.2 Å². The maximum atomic E-state index is 4.49. The normalized spacial score (nSPS) is 17.2. The zero-order valence-electron chi connectivity index (χ0n) is 17.5. The zero-order chi connectivity index (χ0) is 20.6. The number of H-pyrrole nitrogens is 1. The second-order valence-electron chi connectivity index (χ2n) is 7.67. The summed E-state index contributed by atoms with van der Waals surface area (Å²) in [4.78, 5) is 14.8. The van der Waals surface area contributed by atoms with Gasteiger partial charge >= 0.3 is 0 Å². The summed E-state index contributed by atoms with van der Waals surface area (Å²) in [7, 11) is 1.81. The molecule has 0 saturated carbocycles. The number of benzene rings is 2. The lowest BCUT2D eigenvalue weighted by Gasteiger charge is -2.25. The highest BCUT2D eigenvalue weighted by Gasteiger charge is 2.24. The Hall–Kier alpha value is -3.12. The molecule has 3 aromatic rings. The Bertz CT molecular complexity index is 935. The molecular weight excluding hydrogens is 372 g/mol. The molecule has 1 fully saturated rings. The molecular formula is C24H30N6. The van der Waals surface area contributed by atoms with Crippen LogP contribution in [-0.2, 0) is 13.1 Å². The van der Waals surface area contributed by atoms with E-state index >= 15 is 0 Å². The highest BCUT2D eigenvalue weighted by molar-refractivity contribution is 5.79. The monoisotopic (exact) mass is 402 g/mol. The summed E-state index contributed by atoms with van der Waals surface area (Å²) in [6, 6.07) is 21.5. The number of rotatable bonds is 7. The maximum Gasteiger partial charge on any atom is 0.191 e. The standard InChI is InChI=1S/C24H30N6/c1-25-24(28-17-23-26-16-22(29-23)20-11-6-3-7-12-20)27-15-21-13-8-14-30(21)18-19-9-4-2-5-10-19/h2-7,9-12,16,21H,8,13-15,17-18H2,1H3,(H,26,29)(H2,25,27,28). The first kappa shape index (κ1) is 20.2. The number of nitrogens with one attached hydrogen (secondary N) is 3. The number of guanidine groups is 1. The van der Waals surface area contributed by atoms with Crippen LogP contribution in [0.2, 0.25) is 0 Å². The molecule has 156 valence electrons. The lowest BCUT2D eigenvalue weighted by Crippen LogP contribution is -2.44. The molecule has 0 aliphatic carbocycles. The molecule has 0 amide bonds. The Labute approximate surface area is 178 Å². The van der Waals surface area contributed by atoms with E-state index in [4.69, 9.17) is 0 Å². The van der Waals surface area contributed by atoms with Crippen molar-refractivity contribution in [3.05, 3.63) is 78.2 Å². The second-order valence-corrected chi connectivity index (χ2v) is 7.67. The van der Waals surface area contributed by atoms with E-state index in [9.17, 15) is 0 Å². The quantitative estimate of drug-likeness (QED) is 0.419. The van der Waals surface area contributed by atoms with Crippen molar-refractivity contribution in [2.24, 2.45) is 4.99 Å². The minimum atomic E-state index is 0.525. The van der Waals surface area contributed by atoms with Gasteiger partial charge in [-0.05, 0) is 30.5 Å². The summed E-state index contributed by atoms with van der Waals surface area (Å²) in [6.07, 6.45) is 4.35. The Kier molecular flexibility index (Phi) is 6.77. The van der Waals surface area contributed by atoms with Crippen LogP contribution in [0, 0.1) is 0 Å². The highest BCUT2D eigenvalue weighted by atomic mass is 15.2. The molecule has 1 saturated heterocycles. The molecule has 6 heteroatoms. The Morgan fingerprint density at radius 3 is 2.63 bits per heavy atom. The molecule has 2 heterocycles. The Balaban J connectivity index is 1.26. The minimum absolute atomic E-state index is 0.525. The third-order valence-electron chi connectivity index (χ3n) is 5.59. The smallest absolute Gasteiger partial charge is 0.191 e. The van der Waals surface area contributed by atoms with Crippen LogP contribution in [-0.4, -0.2) is 47.0 Å². The van der Waals surface area contributed by atoms with Gasteiger partial charge in [-0.1, -0.05) is 60.7 Å². The van der Waals surface area contributed by atoms with Gasteiger partial charge in [0.05, 0.1) is 18.4 Å². The molecule has 2 aromatic carbocycles. The van der Waals surface area contributed by atoms with Gasteiger partial charge in [0.2, 0.25) is 0 Å². The molecule has 30 heavy (non-hydrogen) atoms. The summed E-state index contributed by atoms with van der Waals surface area (Å²) in [5.41, 5.74) is 3.54. The van der Waals surface area contributed by atoms with Crippen LogP contribution in [0.15, 0.2) is 71.9 Å². The van der Waals surface area contributed by atoms with Gasteiger partial charge in [-0.3, -0.25) is 9.89 Å². The van der Waals surface area contributed by atoms with Gasteiger partial charge in [-0.25, -0.2) is 4.98 Å². The van der Waals surface area contributed by atoms with Crippen molar-refractivity contribution in [2.75, 3.05) is 20.1 Å². The number of aliphatic imine (C=N–C) groups is 1. The van der Waals surface area contributed by atoms with Crippen LogP contribution < -0.4 is 10.6 Å². The van der Waals surface area contributed by atoms with Gasteiger partial charge in [0.15, 0.2) is 5.96 Å². The third-order valence-corrected chi connectivity index (χ3v) is 5.59. The summed E-state index contributed by atoms with van der Waals surface area (Å²) < 4.78 is 0. The van der Waals surface area contributed by atoms with Crippen molar-refractivity contribution in [2.45, 2.75) is 32.0 Å². The van der Waals surface area contributed by atoms with E-state index in [1.165, 1.54) is 18.4 Å². The van der Waals surface area contributed by atoms with E-state index in [1.54, 1.807) is 0 Å². The summed E-state index contributed by atoms with van der Waals surface area (Å²) in [5.74, 6) is 1.70. The van der Waals surface area contributed by atoms with E-state index in [-0.39, 0.29) is 0 Å². The zero-order valence-corrected chi connectivity index (χ0v) is 17.5. The van der Waals surface area contributed by atoms with E-state index < -0.39 is 0 Å². The molecule has 1 aliphatic rings. The number of aromatic amines is 1. The van der Waals surface area contributed by atoms with Crippen molar-refractivity contribution >= 4 is 5.96 Å². The Morgan fingerprint density at radius 2 is 1.87 bits per heavy atom. The van der Waals surface area contributed by atoms with E-state index in [0.29, 0.717) is 12.6 Å². The number of imidazole rings is 1. The molecule has 0 bridgehead atoms. The number of hydrogen-bond donors (Lipinski definition) is 3. The summed E-state index contributed by atoms with van der Waals surface area (Å²) >= 11 is 0. The molecule has 3 N–H and O–H groups in total. The summed E-state index contributed by atoms with van der Waals surface area (Å²) in [5, 5.41) is 6.86. The van der Waals surface area contributed by atoms with Crippen molar-refractivity contribution < 1.29 is 0 Å². The predicted molar refractivity (Wildman–Crippen MR) is 122 cm³/mol. The van der Waals surface area contributed by atoms with Gasteiger partial charge in [-0.15, -0.1) is 0 Å². The van der Waals surface area contributed by atoms with Crippen molar-refractivity contribution in [1.29, 1.82) is 0 Å². The Morgan fingerprint density at radius 1 is 1.10 bits per heavy atom. The number of aromatic nitrogens is 2.